The van der Waals surface area contributed by atoms with E-state index in [2.05, 4.69) is 37.4 Å². The monoisotopic (exact) mass is 475 g/mol. The van der Waals surface area contributed by atoms with Crippen molar-refractivity contribution in [2.24, 2.45) is 0 Å². The zero-order valence-electron chi connectivity index (χ0n) is 20.4. The van der Waals surface area contributed by atoms with Gasteiger partial charge in [0, 0.05) is 34.2 Å². The molecule has 4 aromatic rings. The van der Waals surface area contributed by atoms with E-state index in [4.69, 9.17) is 9.15 Å². The van der Waals surface area contributed by atoms with Crippen LogP contribution in [0.3, 0.4) is 0 Å². The molecule has 0 spiro atoms. The zero-order chi connectivity index (χ0) is 25.3. The molecule has 0 saturated carbocycles. The molecule has 3 aromatic carbocycles. The van der Waals surface area contributed by atoms with Crippen molar-refractivity contribution >= 4 is 28.1 Å². The van der Waals surface area contributed by atoms with Crippen molar-refractivity contribution in [3.8, 4) is 16.9 Å². The van der Waals surface area contributed by atoms with Gasteiger partial charge in [0.25, 0.3) is 0 Å². The van der Waals surface area contributed by atoms with Crippen molar-refractivity contribution in [3.63, 3.8) is 0 Å². The molecule has 180 valence electrons. The standard InChI is InChI=1S/C29H27F2NO3/c1-6-34-28-19(5)29-23(24(15-35-29)21-9-7-16(2)11-17(21)3)14-22(28)18(4)12-27(33)32-26-10-8-20(30)13-25(26)31/h7-15H,6H2,1-5H3,(H,32,33)/b18-12+. The van der Waals surface area contributed by atoms with Crippen LogP contribution in [0.25, 0.3) is 27.7 Å². The first kappa shape index (κ1) is 24.2. The Kier molecular flexibility index (Phi) is 6.74. The van der Waals surface area contributed by atoms with Gasteiger partial charge in [-0.3, -0.25) is 4.79 Å². The van der Waals surface area contributed by atoms with Gasteiger partial charge in [0.05, 0.1) is 18.6 Å². The van der Waals surface area contributed by atoms with Crippen LogP contribution in [-0.2, 0) is 4.79 Å². The lowest BCUT2D eigenvalue weighted by Crippen LogP contribution is -2.10. The van der Waals surface area contributed by atoms with Crippen molar-refractivity contribution in [2.75, 3.05) is 11.9 Å². The molecular weight excluding hydrogens is 448 g/mol. The molecule has 4 rings (SSSR count). The van der Waals surface area contributed by atoms with Crippen LogP contribution in [0, 0.1) is 32.4 Å². The highest BCUT2D eigenvalue weighted by Crippen LogP contribution is 2.41. The first-order chi connectivity index (χ1) is 16.7. The smallest absolute Gasteiger partial charge is 0.248 e. The fourth-order valence-electron chi connectivity index (χ4n) is 4.30. The number of amides is 1. The topological polar surface area (TPSA) is 51.5 Å². The van der Waals surface area contributed by atoms with Crippen molar-refractivity contribution in [2.45, 2.75) is 34.6 Å². The lowest BCUT2D eigenvalue weighted by molar-refractivity contribution is -0.111. The molecule has 0 fully saturated rings. The van der Waals surface area contributed by atoms with Gasteiger partial charge in [-0.05, 0) is 69.5 Å². The van der Waals surface area contributed by atoms with Crippen LogP contribution in [0.5, 0.6) is 5.75 Å². The Morgan fingerprint density at radius 2 is 1.83 bits per heavy atom. The summed E-state index contributed by atoms with van der Waals surface area (Å²) in [6.07, 6.45) is 3.13. The summed E-state index contributed by atoms with van der Waals surface area (Å²) in [5, 5.41) is 3.38. The number of anilines is 1. The first-order valence-electron chi connectivity index (χ1n) is 11.4. The SMILES string of the molecule is CCOc1c(/C(C)=C/C(=O)Nc2ccc(F)cc2F)cc2c(-c3ccc(C)cc3C)coc2c1C. The van der Waals surface area contributed by atoms with E-state index in [1.807, 2.05) is 19.9 Å². The quantitative estimate of drug-likeness (QED) is 0.290. The van der Waals surface area contributed by atoms with Gasteiger partial charge >= 0.3 is 0 Å². The highest BCUT2D eigenvalue weighted by molar-refractivity contribution is 6.06. The molecule has 0 unspecified atom stereocenters. The number of fused-ring (bicyclic) bond motifs is 1. The largest absolute Gasteiger partial charge is 0.493 e. The maximum Gasteiger partial charge on any atom is 0.248 e. The number of halogens is 2. The minimum atomic E-state index is -0.840. The number of furan rings is 1. The summed E-state index contributed by atoms with van der Waals surface area (Å²) in [4.78, 5) is 12.7. The number of carbonyl (C=O) groups excluding carboxylic acids is 1. The number of hydrogen-bond donors (Lipinski definition) is 1. The number of allylic oxidation sites excluding steroid dienone is 1. The fourth-order valence-corrected chi connectivity index (χ4v) is 4.30. The van der Waals surface area contributed by atoms with E-state index in [0.717, 1.165) is 50.9 Å². The maximum absolute atomic E-state index is 14.0. The molecule has 0 saturated heterocycles. The number of ether oxygens (including phenoxy) is 1. The van der Waals surface area contributed by atoms with Crippen LogP contribution in [0.2, 0.25) is 0 Å². The predicted octanol–water partition coefficient (Wildman–Crippen LogP) is 7.74. The molecule has 6 heteroatoms. The number of hydrogen-bond acceptors (Lipinski definition) is 3. The van der Waals surface area contributed by atoms with E-state index in [1.54, 1.807) is 13.2 Å². The number of benzene rings is 3. The Morgan fingerprint density at radius 1 is 1.06 bits per heavy atom. The molecule has 0 aliphatic rings. The third-order valence-electron chi connectivity index (χ3n) is 5.97. The summed E-state index contributed by atoms with van der Waals surface area (Å²) in [6.45, 7) is 10.2. The summed E-state index contributed by atoms with van der Waals surface area (Å²) < 4.78 is 39.1. The van der Waals surface area contributed by atoms with Crippen LogP contribution >= 0.6 is 0 Å². The van der Waals surface area contributed by atoms with Crippen molar-refractivity contribution in [1.82, 2.24) is 0 Å². The molecule has 0 atom stereocenters. The maximum atomic E-state index is 14.0. The summed E-state index contributed by atoms with van der Waals surface area (Å²) >= 11 is 0. The molecule has 1 amide bonds. The molecule has 1 aromatic heterocycles. The second-order valence-corrected chi connectivity index (χ2v) is 8.60. The number of carbonyl (C=O) groups is 1. The van der Waals surface area contributed by atoms with Gasteiger partial charge < -0.3 is 14.5 Å². The van der Waals surface area contributed by atoms with Crippen LogP contribution < -0.4 is 10.1 Å². The molecule has 4 nitrogen and oxygen atoms in total. The molecule has 0 bridgehead atoms. The zero-order valence-corrected chi connectivity index (χ0v) is 20.4. The molecule has 1 heterocycles. The van der Waals surface area contributed by atoms with E-state index in [9.17, 15) is 13.6 Å². The van der Waals surface area contributed by atoms with Crippen LogP contribution in [0.15, 0.2) is 59.2 Å². The average Bonchev–Trinajstić information content (AvgIpc) is 3.21. The third-order valence-corrected chi connectivity index (χ3v) is 5.97. The highest BCUT2D eigenvalue weighted by Gasteiger charge is 2.20. The van der Waals surface area contributed by atoms with E-state index < -0.39 is 17.5 Å². The Labute approximate surface area is 203 Å². The second kappa shape index (κ2) is 9.74. The molecule has 35 heavy (non-hydrogen) atoms. The average molecular weight is 476 g/mol. The van der Waals surface area contributed by atoms with Crippen molar-refractivity contribution < 1.29 is 22.7 Å². The van der Waals surface area contributed by atoms with Gasteiger partial charge in [-0.15, -0.1) is 0 Å². The Hall–Kier alpha value is -3.93. The summed E-state index contributed by atoms with van der Waals surface area (Å²) in [6, 6.07) is 11.2. The summed E-state index contributed by atoms with van der Waals surface area (Å²) in [5.41, 5.74) is 7.15. The minimum Gasteiger partial charge on any atom is -0.493 e. The normalized spacial score (nSPS) is 11.7. The third kappa shape index (κ3) is 4.83. The van der Waals surface area contributed by atoms with E-state index >= 15 is 0 Å². The van der Waals surface area contributed by atoms with Gasteiger partial charge in [-0.25, -0.2) is 8.78 Å². The van der Waals surface area contributed by atoms with Crippen LogP contribution in [0.4, 0.5) is 14.5 Å². The Bertz CT molecular complexity index is 1470. The van der Waals surface area contributed by atoms with Gasteiger partial charge in [0.1, 0.15) is 23.0 Å². The van der Waals surface area contributed by atoms with E-state index in [0.29, 0.717) is 17.9 Å². The molecule has 0 aliphatic heterocycles. The van der Waals surface area contributed by atoms with Crippen LogP contribution in [-0.4, -0.2) is 12.5 Å². The number of aryl methyl sites for hydroxylation is 3. The van der Waals surface area contributed by atoms with Gasteiger partial charge in [0.2, 0.25) is 5.91 Å². The van der Waals surface area contributed by atoms with Crippen molar-refractivity contribution in [3.05, 3.63) is 88.7 Å². The second-order valence-electron chi connectivity index (χ2n) is 8.60. The Balaban J connectivity index is 1.80. The van der Waals surface area contributed by atoms with Crippen molar-refractivity contribution in [1.29, 1.82) is 0 Å². The van der Waals surface area contributed by atoms with Gasteiger partial charge in [-0.2, -0.15) is 0 Å². The lowest BCUT2D eigenvalue weighted by Gasteiger charge is -2.15. The number of nitrogens with one attached hydrogen (secondary N) is 1. The number of rotatable bonds is 6. The predicted molar refractivity (Wildman–Crippen MR) is 136 cm³/mol. The van der Waals surface area contributed by atoms with Gasteiger partial charge in [-0.1, -0.05) is 23.8 Å². The van der Waals surface area contributed by atoms with E-state index in [1.165, 1.54) is 17.7 Å². The molecule has 0 aliphatic carbocycles. The minimum absolute atomic E-state index is 0.0934. The van der Waals surface area contributed by atoms with Gasteiger partial charge in [0.15, 0.2) is 0 Å². The molecular formula is C29H27F2NO3. The Morgan fingerprint density at radius 3 is 2.51 bits per heavy atom. The highest BCUT2D eigenvalue weighted by atomic mass is 19.1. The lowest BCUT2D eigenvalue weighted by atomic mass is 9.94. The molecule has 1 N–H and O–H groups in total. The first-order valence-corrected chi connectivity index (χ1v) is 11.4. The fraction of sp³-hybridized carbons (Fsp3) is 0.207. The summed E-state index contributed by atoms with van der Waals surface area (Å²) in [7, 11) is 0. The molecule has 0 radical (unpaired) electrons. The van der Waals surface area contributed by atoms with Crippen LogP contribution in [0.1, 0.15) is 36.1 Å². The summed E-state index contributed by atoms with van der Waals surface area (Å²) in [5.74, 6) is -1.46. The van der Waals surface area contributed by atoms with E-state index in [-0.39, 0.29) is 5.69 Å².